The van der Waals surface area contributed by atoms with Crippen molar-refractivity contribution in [3.63, 3.8) is 0 Å². The molecular weight excluding hydrogens is 283 g/mol. The molecular formula is C4H4BrIN2. The second kappa shape index (κ2) is 4.20. The zero-order valence-corrected chi connectivity index (χ0v) is 7.65. The molecule has 0 aliphatic rings. The monoisotopic (exact) mass is 286 g/mol. The summed E-state index contributed by atoms with van der Waals surface area (Å²) in [6, 6.07) is 0. The Balaban J connectivity index is 4.25. The van der Waals surface area contributed by atoms with E-state index >= 15 is 0 Å². The summed E-state index contributed by atoms with van der Waals surface area (Å²) in [6.07, 6.45) is 2.35. The summed E-state index contributed by atoms with van der Waals surface area (Å²) in [4.78, 5) is 0. The van der Waals surface area contributed by atoms with Crippen LogP contribution in [0.1, 0.15) is 0 Å². The lowest BCUT2D eigenvalue weighted by molar-refractivity contribution is 1.56. The van der Waals surface area contributed by atoms with Gasteiger partial charge in [0.2, 0.25) is 0 Å². The number of nitrogens with one attached hydrogen (secondary N) is 2. The van der Waals surface area contributed by atoms with E-state index in [0.29, 0.717) is 4.48 Å². The van der Waals surface area contributed by atoms with Crippen LogP contribution < -0.4 is 0 Å². The number of allylic oxidation sites excluding steroid dienone is 2. The molecule has 0 aromatic carbocycles. The highest BCUT2D eigenvalue weighted by atomic mass is 127. The van der Waals surface area contributed by atoms with Crippen LogP contribution in [0.25, 0.3) is 0 Å². The van der Waals surface area contributed by atoms with Gasteiger partial charge in [-0.15, -0.1) is 0 Å². The zero-order chi connectivity index (χ0) is 6.57. The molecule has 0 heterocycles. The Labute approximate surface area is 69.6 Å². The quantitative estimate of drug-likeness (QED) is 0.578. The summed E-state index contributed by atoms with van der Waals surface area (Å²) in [6.45, 7) is 0. The van der Waals surface area contributed by atoms with Crippen molar-refractivity contribution in [3.05, 3.63) is 8.06 Å². The van der Waals surface area contributed by atoms with Crippen molar-refractivity contribution in [3.8, 4) is 0 Å². The molecule has 4 heteroatoms. The second-order valence-electron chi connectivity index (χ2n) is 0.985. The Morgan fingerprint density at radius 2 is 1.88 bits per heavy atom. The summed E-state index contributed by atoms with van der Waals surface area (Å²) in [5.41, 5.74) is 0. The molecule has 0 unspecified atom stereocenters. The Bertz CT molecular complexity index is 125. The third-order valence-electron chi connectivity index (χ3n) is 0.482. The summed E-state index contributed by atoms with van der Waals surface area (Å²) < 4.78 is 1.38. The van der Waals surface area contributed by atoms with Gasteiger partial charge in [0.05, 0.1) is 0 Å². The minimum atomic E-state index is 0.646. The van der Waals surface area contributed by atoms with Crippen LogP contribution in [0.5, 0.6) is 0 Å². The van der Waals surface area contributed by atoms with E-state index < -0.39 is 0 Å². The van der Waals surface area contributed by atoms with Crippen molar-refractivity contribution in [2.75, 3.05) is 0 Å². The maximum absolute atomic E-state index is 6.72. The van der Waals surface area contributed by atoms with Gasteiger partial charge >= 0.3 is 0 Å². The topological polar surface area (TPSA) is 47.7 Å². The minimum Gasteiger partial charge on any atom is -0.308 e. The summed E-state index contributed by atoms with van der Waals surface area (Å²) >= 11 is 5.05. The Morgan fingerprint density at radius 3 is 2.00 bits per heavy atom. The maximum atomic E-state index is 6.72. The standard InChI is InChI=1S/C4H4BrIN2/c5-3(1-7)4(6)2-8/h1-2,7-8H/b4-3-,7-1?,8-2?. The van der Waals surface area contributed by atoms with Crippen molar-refractivity contribution in [2.24, 2.45) is 0 Å². The van der Waals surface area contributed by atoms with Crippen molar-refractivity contribution < 1.29 is 0 Å². The lowest BCUT2D eigenvalue weighted by Gasteiger charge is -1.85. The van der Waals surface area contributed by atoms with Crippen LogP contribution in [0.2, 0.25) is 0 Å². The molecule has 2 nitrogen and oxygen atoms in total. The van der Waals surface area contributed by atoms with Crippen LogP contribution in [0.15, 0.2) is 8.06 Å². The zero-order valence-electron chi connectivity index (χ0n) is 3.91. The third-order valence-corrected chi connectivity index (χ3v) is 2.77. The fraction of sp³-hybridized carbons (Fsp3) is 0. The average molecular weight is 287 g/mol. The Morgan fingerprint density at radius 1 is 1.38 bits per heavy atom. The third kappa shape index (κ3) is 2.56. The van der Waals surface area contributed by atoms with Gasteiger partial charge in [0.25, 0.3) is 0 Å². The number of halogens is 2. The largest absolute Gasteiger partial charge is 0.308 e. The molecule has 0 spiro atoms. The van der Waals surface area contributed by atoms with Crippen LogP contribution in [0.3, 0.4) is 0 Å². The van der Waals surface area contributed by atoms with Crippen molar-refractivity contribution in [2.45, 2.75) is 0 Å². The molecule has 0 aromatic rings. The van der Waals surface area contributed by atoms with Gasteiger partial charge in [-0.25, -0.2) is 0 Å². The highest BCUT2D eigenvalue weighted by Crippen LogP contribution is 2.13. The second-order valence-corrected chi connectivity index (χ2v) is 3.00. The number of rotatable bonds is 2. The molecule has 0 aliphatic carbocycles. The molecule has 8 heavy (non-hydrogen) atoms. The molecule has 0 fully saturated rings. The highest BCUT2D eigenvalue weighted by molar-refractivity contribution is 14.1. The molecule has 0 rings (SSSR count). The number of hydrogen-bond acceptors (Lipinski definition) is 2. The molecule has 0 amide bonds. The molecule has 2 N–H and O–H groups in total. The van der Waals surface area contributed by atoms with Gasteiger partial charge in [-0.2, -0.15) is 0 Å². The number of hydrogen-bond donors (Lipinski definition) is 2. The highest BCUT2D eigenvalue weighted by Gasteiger charge is 1.89. The van der Waals surface area contributed by atoms with Gasteiger partial charge in [-0.3, -0.25) is 0 Å². The molecule has 0 saturated heterocycles. The van der Waals surface area contributed by atoms with E-state index in [0.717, 1.165) is 9.79 Å². The summed E-state index contributed by atoms with van der Waals surface area (Å²) in [5.74, 6) is 0. The predicted octanol–water partition coefficient (Wildman–Crippen LogP) is 2.33. The van der Waals surface area contributed by atoms with E-state index in [1.54, 1.807) is 0 Å². The molecule has 44 valence electrons. The molecule has 0 atom stereocenters. The van der Waals surface area contributed by atoms with Crippen LogP contribution >= 0.6 is 38.5 Å². The van der Waals surface area contributed by atoms with Gasteiger partial charge < -0.3 is 10.8 Å². The van der Waals surface area contributed by atoms with E-state index in [1.807, 2.05) is 22.6 Å². The Kier molecular flexibility index (Phi) is 4.35. The SMILES string of the molecule is N=C/C(Br)=C(/I)C=N. The average Bonchev–Trinajstić information content (AvgIpc) is 1.84. The van der Waals surface area contributed by atoms with E-state index in [4.69, 9.17) is 10.8 Å². The first-order valence-electron chi connectivity index (χ1n) is 1.78. The maximum Gasteiger partial charge on any atom is 0.0499 e. The first kappa shape index (κ1) is 8.29. The smallest absolute Gasteiger partial charge is 0.0499 e. The first-order chi connectivity index (χ1) is 3.72. The lowest BCUT2D eigenvalue weighted by Crippen LogP contribution is -1.76. The van der Waals surface area contributed by atoms with Gasteiger partial charge in [0.15, 0.2) is 0 Å². The Hall–Kier alpha value is 0.290. The molecule has 0 aliphatic heterocycles. The fourth-order valence-electron chi connectivity index (χ4n) is 0.138. The molecule has 0 aromatic heterocycles. The van der Waals surface area contributed by atoms with Gasteiger partial charge in [-0.05, 0) is 38.5 Å². The van der Waals surface area contributed by atoms with Gasteiger partial charge in [0, 0.05) is 20.5 Å². The van der Waals surface area contributed by atoms with Crippen molar-refractivity contribution in [1.82, 2.24) is 0 Å². The van der Waals surface area contributed by atoms with Crippen LogP contribution in [-0.4, -0.2) is 12.4 Å². The fourth-order valence-corrected chi connectivity index (χ4v) is 0.408. The lowest BCUT2D eigenvalue weighted by atomic mass is 10.5. The molecule has 0 bridgehead atoms. The normalized spacial score (nSPS) is 12.2. The van der Waals surface area contributed by atoms with Gasteiger partial charge in [0.1, 0.15) is 0 Å². The predicted molar refractivity (Wildman–Crippen MR) is 47.5 cm³/mol. The van der Waals surface area contributed by atoms with Gasteiger partial charge in [-0.1, -0.05) is 0 Å². The van der Waals surface area contributed by atoms with Crippen LogP contribution in [-0.2, 0) is 0 Å². The molecule has 0 saturated carbocycles. The summed E-state index contributed by atoms with van der Waals surface area (Å²) in [7, 11) is 0. The van der Waals surface area contributed by atoms with Crippen LogP contribution in [0.4, 0.5) is 0 Å². The van der Waals surface area contributed by atoms with Crippen molar-refractivity contribution in [1.29, 1.82) is 10.8 Å². The minimum absolute atomic E-state index is 0.646. The van der Waals surface area contributed by atoms with Crippen LogP contribution in [0, 0.1) is 10.8 Å². The van der Waals surface area contributed by atoms with E-state index in [1.165, 1.54) is 6.21 Å². The first-order valence-corrected chi connectivity index (χ1v) is 3.65. The van der Waals surface area contributed by atoms with E-state index in [2.05, 4.69) is 15.9 Å². The summed E-state index contributed by atoms with van der Waals surface area (Å²) in [5, 5.41) is 13.4. The van der Waals surface area contributed by atoms with E-state index in [-0.39, 0.29) is 0 Å². The van der Waals surface area contributed by atoms with E-state index in [9.17, 15) is 0 Å². The molecule has 0 radical (unpaired) electrons. The van der Waals surface area contributed by atoms with Crippen molar-refractivity contribution >= 4 is 51.0 Å².